The van der Waals surface area contributed by atoms with E-state index in [1.807, 2.05) is 123 Å². The molecule has 0 saturated carbocycles. The van der Waals surface area contributed by atoms with Crippen LogP contribution in [0.5, 0.6) is 0 Å². The number of fused-ring (bicyclic) bond motifs is 2. The molecule has 5 N–H and O–H groups in total. The number of benzene rings is 4. The summed E-state index contributed by atoms with van der Waals surface area (Å²) in [5.41, 5.74) is 5.12. The highest BCUT2D eigenvalue weighted by molar-refractivity contribution is 6.08. The van der Waals surface area contributed by atoms with Gasteiger partial charge in [0.25, 0.3) is 0 Å². The molecule has 0 aromatic heterocycles. The zero-order valence-corrected chi connectivity index (χ0v) is 41.7. The molecule has 5 amide bonds. The highest BCUT2D eigenvalue weighted by atomic mass is 35.5. The zero-order chi connectivity index (χ0) is 47.3. The summed E-state index contributed by atoms with van der Waals surface area (Å²) >= 11 is 0. The fourth-order valence-corrected chi connectivity index (χ4v) is 9.01. The van der Waals surface area contributed by atoms with Crippen molar-refractivity contribution in [3.8, 4) is 0 Å². The largest absolute Gasteiger partial charge is 0.348 e. The van der Waals surface area contributed by atoms with Gasteiger partial charge in [-0.25, -0.2) is 0 Å². The minimum Gasteiger partial charge on any atom is -0.348 e. The van der Waals surface area contributed by atoms with Crippen molar-refractivity contribution < 1.29 is 28.8 Å². The predicted octanol–water partition coefficient (Wildman–Crippen LogP) is 6.91. The lowest BCUT2D eigenvalue weighted by Crippen LogP contribution is -2.56. The third-order valence-corrected chi connectivity index (χ3v) is 13.3. The highest BCUT2D eigenvalue weighted by Crippen LogP contribution is 2.36. The van der Waals surface area contributed by atoms with Gasteiger partial charge in [0.2, 0.25) is 29.5 Å². The molecule has 0 saturated heterocycles. The lowest BCUT2D eigenvalue weighted by atomic mass is 9.92. The topological polar surface area (TPSA) is 169 Å². The Morgan fingerprint density at radius 3 is 1.41 bits per heavy atom. The number of para-hydroxylation sites is 2. The van der Waals surface area contributed by atoms with Crippen molar-refractivity contribution in [2.75, 3.05) is 23.9 Å². The molecule has 0 unspecified atom stereocenters. The Morgan fingerprint density at radius 1 is 0.529 bits per heavy atom. The Bertz CT molecular complexity index is 2160. The Morgan fingerprint density at radius 2 is 0.941 bits per heavy atom. The fourth-order valence-electron chi connectivity index (χ4n) is 9.01. The van der Waals surface area contributed by atoms with Gasteiger partial charge >= 0.3 is 0 Å². The Kier molecular flexibility index (Phi) is 21.2. The molecule has 4 aromatic rings. The van der Waals surface area contributed by atoms with Gasteiger partial charge in [-0.15, -0.1) is 24.8 Å². The molecular formula is C53H69Cl2N7O6. The maximum absolute atomic E-state index is 14.7. The minimum atomic E-state index is -0.910. The molecule has 0 spiro atoms. The third-order valence-electron chi connectivity index (χ3n) is 13.3. The van der Waals surface area contributed by atoms with E-state index >= 15 is 0 Å². The van der Waals surface area contributed by atoms with Crippen LogP contribution in [0.3, 0.4) is 0 Å². The summed E-state index contributed by atoms with van der Waals surface area (Å²) in [6.07, 6.45) is 4.16. The van der Waals surface area contributed by atoms with Crippen molar-refractivity contribution in [1.82, 2.24) is 26.6 Å². The number of Topliss-reactive ketones (excluding diaryl/α,β-unsaturated/α-hetero) is 1. The number of halogens is 2. The van der Waals surface area contributed by atoms with Gasteiger partial charge in [-0.2, -0.15) is 0 Å². The van der Waals surface area contributed by atoms with Crippen LogP contribution in [0, 0.1) is 0 Å². The van der Waals surface area contributed by atoms with E-state index in [-0.39, 0.29) is 78.5 Å². The maximum atomic E-state index is 14.7. The van der Waals surface area contributed by atoms with E-state index in [4.69, 9.17) is 0 Å². The van der Waals surface area contributed by atoms with Crippen LogP contribution >= 0.6 is 24.8 Å². The fraction of sp³-hybridized carbons (Fsp3) is 0.434. The summed E-state index contributed by atoms with van der Waals surface area (Å²) in [5.74, 6) is -1.68. The molecule has 0 fully saturated rings. The van der Waals surface area contributed by atoms with Gasteiger partial charge in [-0.1, -0.05) is 130 Å². The van der Waals surface area contributed by atoms with Crippen molar-refractivity contribution in [3.63, 3.8) is 0 Å². The van der Waals surface area contributed by atoms with Gasteiger partial charge in [0.15, 0.2) is 5.78 Å². The number of unbranched alkanes of at least 4 members (excludes halogenated alkanes) is 3. The lowest BCUT2D eigenvalue weighted by molar-refractivity contribution is -0.130. The van der Waals surface area contributed by atoms with Gasteiger partial charge in [0, 0.05) is 30.6 Å². The van der Waals surface area contributed by atoms with E-state index in [9.17, 15) is 28.8 Å². The Balaban J connectivity index is 0.00000504. The second-order valence-corrected chi connectivity index (χ2v) is 17.9. The number of anilines is 2. The normalized spacial score (nSPS) is 17.4. The van der Waals surface area contributed by atoms with E-state index in [2.05, 4.69) is 26.6 Å². The van der Waals surface area contributed by atoms with Crippen LogP contribution < -0.4 is 36.4 Å². The van der Waals surface area contributed by atoms with Crippen LogP contribution in [-0.4, -0.2) is 85.7 Å². The first kappa shape index (κ1) is 55.0. The van der Waals surface area contributed by atoms with Gasteiger partial charge < -0.3 is 26.6 Å². The van der Waals surface area contributed by atoms with E-state index in [1.54, 1.807) is 37.7 Å². The molecule has 8 atom stereocenters. The minimum absolute atomic E-state index is 0. The number of hydrogen-bond acceptors (Lipinski definition) is 8. The first-order valence-electron chi connectivity index (χ1n) is 23.5. The average Bonchev–Trinajstić information content (AvgIpc) is 3.93. The molecule has 68 heavy (non-hydrogen) atoms. The number of rotatable bonds is 22. The standard InChI is InChI=1S/C53H67N7O6.2ClH/c1-34(38-21-11-9-12-22-38)31-48(61)46-32-40-25-17-19-29-44(40)59(46)52(65)42(57-49(62)36(3)54-5)27-15-7-8-16-28-43(58-50(63)37(4)55-6)53(66)60-45-30-20-18-26-41(45)33-47(60)51(64)56-35(2)39-23-13-10-14-24-39;;/h9-14,17-26,29-30,34-37,42-43,46-47,54-55H,7-8,15-16,27-28,31-33H2,1-6H3,(H,56,64)(H,57,62)(H,58,63);2*1H/t34-,35+,36-,37-,42-,43-,46-,47-;;/m0../s1. The van der Waals surface area contributed by atoms with E-state index in [0.717, 1.165) is 22.3 Å². The molecular weight excluding hydrogens is 902 g/mol. The molecule has 15 heteroatoms. The molecule has 2 heterocycles. The summed E-state index contributed by atoms with van der Waals surface area (Å²) in [6.45, 7) is 7.39. The van der Waals surface area contributed by atoms with Crippen molar-refractivity contribution in [2.24, 2.45) is 0 Å². The summed E-state index contributed by atoms with van der Waals surface area (Å²) in [7, 11) is 3.36. The first-order chi connectivity index (χ1) is 31.8. The molecule has 2 aliphatic rings. The third kappa shape index (κ3) is 13.6. The maximum Gasteiger partial charge on any atom is 0.250 e. The smallest absolute Gasteiger partial charge is 0.250 e. The van der Waals surface area contributed by atoms with E-state index in [1.165, 1.54) is 0 Å². The quantitative estimate of drug-likeness (QED) is 0.0530. The number of likely N-dealkylation sites (N-methyl/N-ethyl adjacent to an activating group) is 2. The molecule has 366 valence electrons. The predicted molar refractivity (Wildman–Crippen MR) is 273 cm³/mol. The monoisotopic (exact) mass is 969 g/mol. The van der Waals surface area contributed by atoms with Gasteiger partial charge in [-0.05, 0) is 88.0 Å². The molecule has 0 radical (unpaired) electrons. The Labute approximate surface area is 414 Å². The summed E-state index contributed by atoms with van der Waals surface area (Å²) in [5, 5.41) is 15.0. The number of ketones is 1. The molecule has 13 nitrogen and oxygen atoms in total. The van der Waals surface area contributed by atoms with Crippen molar-refractivity contribution >= 4 is 71.5 Å². The lowest BCUT2D eigenvalue weighted by Gasteiger charge is -2.31. The molecule has 0 aliphatic carbocycles. The van der Waals surface area contributed by atoms with Gasteiger partial charge in [0.1, 0.15) is 18.1 Å². The van der Waals surface area contributed by atoms with E-state index in [0.29, 0.717) is 62.7 Å². The van der Waals surface area contributed by atoms with Gasteiger partial charge in [0.05, 0.1) is 24.2 Å². The number of nitrogens with zero attached hydrogens (tertiary/aromatic N) is 2. The molecule has 4 aromatic carbocycles. The zero-order valence-electron chi connectivity index (χ0n) is 40.0. The molecule has 0 bridgehead atoms. The van der Waals surface area contributed by atoms with Crippen molar-refractivity contribution in [1.29, 1.82) is 0 Å². The molecule has 2 aliphatic heterocycles. The highest BCUT2D eigenvalue weighted by Gasteiger charge is 2.43. The second kappa shape index (κ2) is 26.2. The summed E-state index contributed by atoms with van der Waals surface area (Å²) in [4.78, 5) is 87.4. The van der Waals surface area contributed by atoms with Crippen LogP contribution in [0.15, 0.2) is 109 Å². The second-order valence-electron chi connectivity index (χ2n) is 17.9. The average molecular weight is 971 g/mol. The van der Waals surface area contributed by atoms with Crippen LogP contribution in [0.25, 0.3) is 0 Å². The first-order valence-corrected chi connectivity index (χ1v) is 23.5. The van der Waals surface area contributed by atoms with Crippen molar-refractivity contribution in [3.05, 3.63) is 131 Å². The van der Waals surface area contributed by atoms with Crippen LogP contribution in [-0.2, 0) is 41.6 Å². The number of nitrogens with one attached hydrogen (secondary N) is 5. The number of amides is 5. The molecule has 6 rings (SSSR count). The van der Waals surface area contributed by atoms with E-state index < -0.39 is 36.3 Å². The van der Waals surface area contributed by atoms with Crippen molar-refractivity contribution in [2.45, 2.75) is 134 Å². The van der Waals surface area contributed by atoms with Crippen LogP contribution in [0.1, 0.15) is 107 Å². The Hall–Kier alpha value is -5.60. The SMILES string of the molecule is CN[C@@H](C)C(=O)N[C@@H](CCCCCC[C@H](NC(=O)[C@H](C)NC)C(=O)N1c2ccccc2C[C@H]1C(=O)N[C@H](C)c1ccccc1)C(=O)N1c2ccccc2C[C@H]1C(=O)C[C@H](C)c1ccccc1.Cl.Cl. The number of hydrogen-bond donors (Lipinski definition) is 5. The summed E-state index contributed by atoms with van der Waals surface area (Å²) < 4.78 is 0. The number of carbonyl (C=O) groups is 6. The number of carbonyl (C=O) groups excluding carboxylic acids is 6. The van der Waals surface area contributed by atoms with Gasteiger partial charge in [-0.3, -0.25) is 38.6 Å². The summed E-state index contributed by atoms with van der Waals surface area (Å²) in [6, 6.07) is 29.9. The van der Waals surface area contributed by atoms with Crippen LogP contribution in [0.4, 0.5) is 11.4 Å². The van der Waals surface area contributed by atoms with Crippen LogP contribution in [0.2, 0.25) is 0 Å².